The summed E-state index contributed by atoms with van der Waals surface area (Å²) in [5.74, 6) is 0.706. The minimum absolute atomic E-state index is 0.0281. The van der Waals surface area contributed by atoms with E-state index in [4.69, 9.17) is 4.74 Å². The molecule has 110 valence electrons. The monoisotopic (exact) mass is 341 g/mol. The number of aliphatic hydroxyl groups is 1. The fourth-order valence-corrected chi connectivity index (χ4v) is 2.94. The molecule has 4 nitrogen and oxygen atoms in total. The molecule has 1 saturated heterocycles. The number of hydrogen-bond donors (Lipinski definition) is 1. The first-order valence-electron chi connectivity index (χ1n) is 6.83. The van der Waals surface area contributed by atoms with Gasteiger partial charge < -0.3 is 14.7 Å². The van der Waals surface area contributed by atoms with Gasteiger partial charge in [0, 0.05) is 23.5 Å². The van der Waals surface area contributed by atoms with Crippen LogP contribution in [0.5, 0.6) is 5.75 Å². The van der Waals surface area contributed by atoms with Crippen LogP contribution in [-0.2, 0) is 0 Å². The number of amides is 1. The zero-order valence-electron chi connectivity index (χ0n) is 11.8. The minimum atomic E-state index is -0.377. The molecule has 1 aromatic rings. The molecule has 20 heavy (non-hydrogen) atoms. The van der Waals surface area contributed by atoms with Crippen LogP contribution in [0, 0.1) is 5.92 Å². The predicted molar refractivity (Wildman–Crippen MR) is 81.0 cm³/mol. The molecule has 0 aromatic heterocycles. The molecule has 2 atom stereocenters. The highest BCUT2D eigenvalue weighted by atomic mass is 79.9. The molecule has 0 spiro atoms. The second kappa shape index (κ2) is 6.59. The number of likely N-dealkylation sites (tertiary alicyclic amines) is 1. The zero-order valence-corrected chi connectivity index (χ0v) is 13.4. The summed E-state index contributed by atoms with van der Waals surface area (Å²) >= 11 is 3.37. The van der Waals surface area contributed by atoms with Gasteiger partial charge in [-0.15, -0.1) is 0 Å². The van der Waals surface area contributed by atoms with Crippen LogP contribution in [0.1, 0.15) is 30.1 Å². The average Bonchev–Trinajstić information content (AvgIpc) is 2.46. The SMILES string of the molecule is COc1cc(Br)ccc1C(=O)N1CCCC(C(C)O)C1. The van der Waals surface area contributed by atoms with Crippen molar-refractivity contribution in [1.29, 1.82) is 0 Å². The molecule has 0 radical (unpaired) electrons. The first-order chi connectivity index (χ1) is 9.52. The van der Waals surface area contributed by atoms with E-state index in [9.17, 15) is 9.90 Å². The Morgan fingerprint density at radius 2 is 2.30 bits per heavy atom. The zero-order chi connectivity index (χ0) is 14.7. The fourth-order valence-electron chi connectivity index (χ4n) is 2.60. The number of aliphatic hydroxyl groups excluding tert-OH is 1. The molecule has 1 N–H and O–H groups in total. The fraction of sp³-hybridized carbons (Fsp3) is 0.533. The van der Waals surface area contributed by atoms with Crippen LogP contribution in [-0.4, -0.2) is 42.2 Å². The van der Waals surface area contributed by atoms with Gasteiger partial charge in [0.2, 0.25) is 0 Å². The Labute approximate surface area is 127 Å². The van der Waals surface area contributed by atoms with E-state index in [0.717, 1.165) is 23.9 Å². The second-order valence-electron chi connectivity index (χ2n) is 5.24. The number of rotatable bonds is 3. The van der Waals surface area contributed by atoms with Crippen LogP contribution < -0.4 is 4.74 Å². The maximum absolute atomic E-state index is 12.6. The van der Waals surface area contributed by atoms with Crippen LogP contribution in [0.4, 0.5) is 0 Å². The molecular weight excluding hydrogens is 322 g/mol. The molecule has 1 aromatic carbocycles. The van der Waals surface area contributed by atoms with E-state index in [1.165, 1.54) is 0 Å². The molecular formula is C15H20BrNO3. The lowest BCUT2D eigenvalue weighted by molar-refractivity contribution is 0.0464. The van der Waals surface area contributed by atoms with E-state index in [1.54, 1.807) is 26.2 Å². The maximum Gasteiger partial charge on any atom is 0.257 e. The second-order valence-corrected chi connectivity index (χ2v) is 6.15. The lowest BCUT2D eigenvalue weighted by Gasteiger charge is -2.34. The number of benzene rings is 1. The highest BCUT2D eigenvalue weighted by Gasteiger charge is 2.28. The van der Waals surface area contributed by atoms with Gasteiger partial charge in [0.15, 0.2) is 0 Å². The van der Waals surface area contributed by atoms with Gasteiger partial charge >= 0.3 is 0 Å². The number of hydrogen-bond acceptors (Lipinski definition) is 3. The Morgan fingerprint density at radius 1 is 1.55 bits per heavy atom. The summed E-state index contributed by atoms with van der Waals surface area (Å²) in [7, 11) is 1.56. The molecule has 1 aliphatic heterocycles. The number of methoxy groups -OCH3 is 1. The molecule has 1 fully saturated rings. The van der Waals surface area contributed by atoms with E-state index in [0.29, 0.717) is 17.9 Å². The van der Waals surface area contributed by atoms with Gasteiger partial charge in [-0.1, -0.05) is 15.9 Å². The number of carbonyl (C=O) groups excluding carboxylic acids is 1. The Balaban J connectivity index is 2.18. The third-order valence-corrected chi connectivity index (χ3v) is 4.31. The minimum Gasteiger partial charge on any atom is -0.496 e. The molecule has 0 saturated carbocycles. The summed E-state index contributed by atoms with van der Waals surface area (Å²) in [5.41, 5.74) is 0.571. The largest absolute Gasteiger partial charge is 0.496 e. The molecule has 1 heterocycles. The van der Waals surface area contributed by atoms with Crippen LogP contribution in [0.15, 0.2) is 22.7 Å². The van der Waals surface area contributed by atoms with Crippen LogP contribution in [0.3, 0.4) is 0 Å². The van der Waals surface area contributed by atoms with Crippen molar-refractivity contribution >= 4 is 21.8 Å². The lowest BCUT2D eigenvalue weighted by atomic mass is 9.93. The van der Waals surface area contributed by atoms with Gasteiger partial charge in [0.05, 0.1) is 18.8 Å². The first kappa shape index (κ1) is 15.3. The summed E-state index contributed by atoms with van der Waals surface area (Å²) < 4.78 is 6.17. The normalized spacial score (nSPS) is 20.6. The summed E-state index contributed by atoms with van der Waals surface area (Å²) in [6.07, 6.45) is 1.52. The van der Waals surface area contributed by atoms with Crippen LogP contribution >= 0.6 is 15.9 Å². The van der Waals surface area contributed by atoms with Crippen molar-refractivity contribution in [3.05, 3.63) is 28.2 Å². The lowest BCUT2D eigenvalue weighted by Crippen LogP contribution is -2.43. The van der Waals surface area contributed by atoms with Gasteiger partial charge in [-0.05, 0) is 38.0 Å². The maximum atomic E-state index is 12.6. The predicted octanol–water partition coefficient (Wildman–Crippen LogP) is 2.69. The number of carbonyl (C=O) groups is 1. The first-order valence-corrected chi connectivity index (χ1v) is 7.63. The van der Waals surface area contributed by atoms with Gasteiger partial charge in [-0.25, -0.2) is 0 Å². The van der Waals surface area contributed by atoms with E-state index >= 15 is 0 Å². The third-order valence-electron chi connectivity index (χ3n) is 3.82. The highest BCUT2D eigenvalue weighted by Crippen LogP contribution is 2.27. The summed E-state index contributed by atoms with van der Waals surface area (Å²) in [5, 5.41) is 9.72. The standard InChI is InChI=1S/C15H20BrNO3/c1-10(18)11-4-3-7-17(9-11)15(19)13-6-5-12(16)8-14(13)20-2/h5-6,8,10-11,18H,3-4,7,9H2,1-2H3. The van der Waals surface area contributed by atoms with Gasteiger partial charge in [-0.2, -0.15) is 0 Å². The Hall–Kier alpha value is -1.07. The van der Waals surface area contributed by atoms with E-state index in [1.807, 2.05) is 11.0 Å². The summed E-state index contributed by atoms with van der Waals surface area (Å²) in [6.45, 7) is 3.13. The summed E-state index contributed by atoms with van der Waals surface area (Å²) in [4.78, 5) is 14.4. The van der Waals surface area contributed by atoms with E-state index < -0.39 is 0 Å². The van der Waals surface area contributed by atoms with Crippen LogP contribution in [0.25, 0.3) is 0 Å². The van der Waals surface area contributed by atoms with Crippen molar-refractivity contribution in [1.82, 2.24) is 4.90 Å². The van der Waals surface area contributed by atoms with Gasteiger partial charge in [-0.3, -0.25) is 4.79 Å². The topological polar surface area (TPSA) is 49.8 Å². The molecule has 2 rings (SSSR count). The number of ether oxygens (including phenoxy) is 1. The Kier molecular flexibility index (Phi) is 5.05. The van der Waals surface area contributed by atoms with Crippen molar-refractivity contribution in [2.45, 2.75) is 25.9 Å². The third kappa shape index (κ3) is 3.33. The number of nitrogens with zero attached hydrogens (tertiary/aromatic N) is 1. The smallest absolute Gasteiger partial charge is 0.257 e. The Morgan fingerprint density at radius 3 is 2.95 bits per heavy atom. The van der Waals surface area contributed by atoms with Crippen LogP contribution in [0.2, 0.25) is 0 Å². The molecule has 2 unspecified atom stereocenters. The van der Waals surface area contributed by atoms with Crippen molar-refractivity contribution in [3.63, 3.8) is 0 Å². The van der Waals surface area contributed by atoms with Crippen molar-refractivity contribution in [2.75, 3.05) is 20.2 Å². The summed E-state index contributed by atoms with van der Waals surface area (Å²) in [6, 6.07) is 5.41. The number of piperidine rings is 1. The molecule has 5 heteroatoms. The molecule has 1 amide bonds. The van der Waals surface area contributed by atoms with Gasteiger partial charge in [0.25, 0.3) is 5.91 Å². The molecule has 1 aliphatic rings. The van der Waals surface area contributed by atoms with Crippen molar-refractivity contribution < 1.29 is 14.6 Å². The Bertz CT molecular complexity index is 490. The van der Waals surface area contributed by atoms with E-state index in [-0.39, 0.29) is 17.9 Å². The highest BCUT2D eigenvalue weighted by molar-refractivity contribution is 9.10. The van der Waals surface area contributed by atoms with E-state index in [2.05, 4.69) is 15.9 Å². The average molecular weight is 342 g/mol. The van der Waals surface area contributed by atoms with Crippen molar-refractivity contribution in [2.24, 2.45) is 5.92 Å². The van der Waals surface area contributed by atoms with Crippen molar-refractivity contribution in [3.8, 4) is 5.75 Å². The van der Waals surface area contributed by atoms with Gasteiger partial charge in [0.1, 0.15) is 5.75 Å². The quantitative estimate of drug-likeness (QED) is 0.919. The number of halogens is 1. The molecule has 0 bridgehead atoms. The molecule has 0 aliphatic carbocycles.